The van der Waals surface area contributed by atoms with Crippen LogP contribution in [-0.4, -0.2) is 32.8 Å². The predicted octanol–water partition coefficient (Wildman–Crippen LogP) is 6.60. The molecule has 39 heavy (non-hydrogen) atoms. The fourth-order valence-corrected chi connectivity index (χ4v) is 5.05. The van der Waals surface area contributed by atoms with Gasteiger partial charge in [0.05, 0.1) is 11.0 Å². The van der Waals surface area contributed by atoms with Gasteiger partial charge in [0.15, 0.2) is 5.75 Å². The molecule has 0 saturated heterocycles. The van der Waals surface area contributed by atoms with E-state index in [-0.39, 0.29) is 21.8 Å². The molecule has 0 aliphatic carbocycles. The smallest absolute Gasteiger partial charge is 0.376 e. The van der Waals surface area contributed by atoms with E-state index in [0.717, 1.165) is 18.2 Å². The van der Waals surface area contributed by atoms with Gasteiger partial charge < -0.3 is 13.4 Å². The molecular formula is C24H13F6NO6S2. The zero-order valence-corrected chi connectivity index (χ0v) is 20.6. The highest BCUT2D eigenvalue weighted by Gasteiger charge is 2.49. The first-order valence-electron chi connectivity index (χ1n) is 10.7. The Morgan fingerprint density at radius 2 is 1.26 bits per heavy atom. The molecule has 1 aromatic heterocycles. The van der Waals surface area contributed by atoms with Crippen molar-refractivity contribution >= 4 is 52.8 Å². The average molecular weight is 589 g/mol. The highest BCUT2D eigenvalue weighted by atomic mass is 32.2. The third kappa shape index (κ3) is 4.61. The first kappa shape index (κ1) is 26.6. The molecule has 1 heterocycles. The van der Waals surface area contributed by atoms with Crippen molar-refractivity contribution < 1.29 is 51.5 Å². The number of aromatic amines is 1. The van der Waals surface area contributed by atoms with E-state index in [9.17, 15) is 43.2 Å². The quantitative estimate of drug-likeness (QED) is 0.141. The Kier molecular flexibility index (Phi) is 5.99. The number of hydrogen-bond acceptors (Lipinski definition) is 6. The van der Waals surface area contributed by atoms with E-state index in [1.807, 2.05) is 0 Å². The Bertz CT molecular complexity index is 1970. The molecule has 0 unspecified atom stereocenters. The van der Waals surface area contributed by atoms with Crippen molar-refractivity contribution in [2.75, 3.05) is 0 Å². The summed E-state index contributed by atoms with van der Waals surface area (Å²) in [6, 6.07) is 17.2. The molecule has 1 N–H and O–H groups in total. The highest BCUT2D eigenvalue weighted by Crippen LogP contribution is 2.44. The van der Waals surface area contributed by atoms with E-state index < -0.39 is 42.8 Å². The van der Waals surface area contributed by atoms with Crippen LogP contribution in [0.2, 0.25) is 0 Å². The Morgan fingerprint density at radius 1 is 0.615 bits per heavy atom. The molecule has 0 aliphatic heterocycles. The lowest BCUT2D eigenvalue weighted by atomic mass is 9.95. The van der Waals surface area contributed by atoms with Gasteiger partial charge in [-0.25, -0.2) is 0 Å². The number of H-pyrrole nitrogens is 1. The standard InChI is InChI=1S/C24H13F6NO6S2/c25-23(26,27)38(32,33)36-14-9-10-16-18(11-14)31-19-12-20(37-39(34,35)24(28,29)30)22-15(13-5-2-1-3-6-13)7-4-8-17(22)21(16)19/h1-12,31H. The molecule has 0 radical (unpaired) electrons. The Morgan fingerprint density at radius 3 is 1.90 bits per heavy atom. The molecule has 204 valence electrons. The first-order chi connectivity index (χ1) is 18.1. The summed E-state index contributed by atoms with van der Waals surface area (Å²) in [4.78, 5) is 2.75. The number of aromatic nitrogens is 1. The van der Waals surface area contributed by atoms with Crippen LogP contribution < -0.4 is 8.37 Å². The van der Waals surface area contributed by atoms with Gasteiger partial charge in [0, 0.05) is 28.3 Å². The molecule has 5 aromatic rings. The van der Waals surface area contributed by atoms with Gasteiger partial charge in [-0.05, 0) is 28.6 Å². The zero-order chi connectivity index (χ0) is 28.4. The maximum atomic E-state index is 13.2. The summed E-state index contributed by atoms with van der Waals surface area (Å²) in [6.45, 7) is 0. The Hall–Kier alpha value is -3.98. The molecule has 0 aliphatic rings. The second-order valence-corrected chi connectivity index (χ2v) is 11.3. The zero-order valence-electron chi connectivity index (χ0n) is 19.0. The van der Waals surface area contributed by atoms with Crippen LogP contribution in [0.25, 0.3) is 43.7 Å². The van der Waals surface area contributed by atoms with Crippen molar-refractivity contribution in [2.24, 2.45) is 0 Å². The summed E-state index contributed by atoms with van der Waals surface area (Å²) in [7, 11) is -12.1. The van der Waals surface area contributed by atoms with Gasteiger partial charge in [-0.15, -0.1) is 0 Å². The molecule has 7 nitrogen and oxygen atoms in total. The molecule has 5 rings (SSSR count). The van der Waals surface area contributed by atoms with Crippen molar-refractivity contribution in [1.29, 1.82) is 0 Å². The summed E-state index contributed by atoms with van der Waals surface area (Å²) in [6.07, 6.45) is 0. The number of halogens is 6. The van der Waals surface area contributed by atoms with Crippen LogP contribution in [0.1, 0.15) is 0 Å². The molecule has 0 fully saturated rings. The van der Waals surface area contributed by atoms with E-state index in [0.29, 0.717) is 21.9 Å². The third-order valence-corrected chi connectivity index (χ3v) is 7.66. The summed E-state index contributed by atoms with van der Waals surface area (Å²) >= 11 is 0. The lowest BCUT2D eigenvalue weighted by Crippen LogP contribution is -2.28. The Balaban J connectivity index is 1.81. The number of hydrogen-bond donors (Lipinski definition) is 1. The minimum absolute atomic E-state index is 0.0184. The second kappa shape index (κ2) is 8.77. The van der Waals surface area contributed by atoms with Gasteiger partial charge in [-0.1, -0.05) is 48.5 Å². The molecule has 0 amide bonds. The lowest BCUT2D eigenvalue weighted by molar-refractivity contribution is -0.0504. The highest BCUT2D eigenvalue weighted by molar-refractivity contribution is 7.88. The minimum atomic E-state index is -6.09. The van der Waals surface area contributed by atoms with E-state index in [2.05, 4.69) is 13.4 Å². The number of rotatable bonds is 5. The number of fused-ring (bicyclic) bond motifs is 5. The molecule has 0 bridgehead atoms. The topological polar surface area (TPSA) is 103 Å². The summed E-state index contributed by atoms with van der Waals surface area (Å²) in [5.74, 6) is -1.34. The lowest BCUT2D eigenvalue weighted by Gasteiger charge is -2.15. The van der Waals surface area contributed by atoms with Crippen molar-refractivity contribution in [3.8, 4) is 22.6 Å². The molecule has 15 heteroatoms. The van der Waals surface area contributed by atoms with Crippen LogP contribution in [0.5, 0.6) is 11.5 Å². The molecule has 0 atom stereocenters. The second-order valence-electron chi connectivity index (χ2n) is 8.19. The predicted molar refractivity (Wildman–Crippen MR) is 130 cm³/mol. The van der Waals surface area contributed by atoms with Crippen LogP contribution in [0, 0.1) is 0 Å². The monoisotopic (exact) mass is 589 g/mol. The van der Waals surface area contributed by atoms with Crippen LogP contribution in [-0.2, 0) is 20.2 Å². The fraction of sp³-hybridized carbons (Fsp3) is 0.0833. The van der Waals surface area contributed by atoms with Crippen LogP contribution in [0.3, 0.4) is 0 Å². The normalized spacial score (nSPS) is 13.3. The van der Waals surface area contributed by atoms with Crippen molar-refractivity contribution in [1.82, 2.24) is 4.98 Å². The summed E-state index contributed by atoms with van der Waals surface area (Å²) in [5.41, 5.74) is -10.4. The maximum Gasteiger partial charge on any atom is 0.534 e. The molecule has 4 aromatic carbocycles. The third-order valence-electron chi connectivity index (χ3n) is 5.71. The fourth-order valence-electron chi connectivity index (χ4n) is 4.14. The number of benzene rings is 4. The van der Waals surface area contributed by atoms with Gasteiger partial charge in [-0.3, -0.25) is 0 Å². The van der Waals surface area contributed by atoms with Crippen LogP contribution in [0.15, 0.2) is 72.8 Å². The number of nitrogens with one attached hydrogen (secondary N) is 1. The van der Waals surface area contributed by atoms with E-state index in [1.54, 1.807) is 42.5 Å². The maximum absolute atomic E-state index is 13.2. The number of alkyl halides is 6. The van der Waals surface area contributed by atoms with Gasteiger partial charge in [0.25, 0.3) is 0 Å². The van der Waals surface area contributed by atoms with Crippen molar-refractivity contribution in [2.45, 2.75) is 11.0 Å². The van der Waals surface area contributed by atoms with Gasteiger partial charge >= 0.3 is 31.3 Å². The first-order valence-corrected chi connectivity index (χ1v) is 13.5. The van der Waals surface area contributed by atoms with Crippen LogP contribution >= 0.6 is 0 Å². The van der Waals surface area contributed by atoms with Crippen molar-refractivity contribution in [3.05, 3.63) is 72.8 Å². The largest absolute Gasteiger partial charge is 0.534 e. The van der Waals surface area contributed by atoms with Gasteiger partial charge in [0.1, 0.15) is 5.75 Å². The van der Waals surface area contributed by atoms with Gasteiger partial charge in [0.2, 0.25) is 0 Å². The SMILES string of the molecule is O=S(=O)(Oc1ccc2c(c1)[nH]c1cc(OS(=O)(=O)C(F)(F)F)c3c(-c4ccccc4)cccc3c12)C(F)(F)F. The van der Waals surface area contributed by atoms with Crippen LogP contribution in [0.4, 0.5) is 26.3 Å². The Labute approximate surface area is 215 Å². The molecule has 0 spiro atoms. The summed E-state index contributed by atoms with van der Waals surface area (Å²) < 4.78 is 133. The van der Waals surface area contributed by atoms with E-state index >= 15 is 0 Å². The van der Waals surface area contributed by atoms with Gasteiger partial charge in [-0.2, -0.15) is 43.2 Å². The molecular weight excluding hydrogens is 576 g/mol. The van der Waals surface area contributed by atoms with E-state index in [4.69, 9.17) is 0 Å². The average Bonchev–Trinajstić information content (AvgIpc) is 3.20. The van der Waals surface area contributed by atoms with Crippen molar-refractivity contribution in [3.63, 3.8) is 0 Å². The summed E-state index contributed by atoms with van der Waals surface area (Å²) in [5, 5.41) is 0.968. The molecule has 0 saturated carbocycles. The minimum Gasteiger partial charge on any atom is -0.376 e. The van der Waals surface area contributed by atoms with E-state index in [1.165, 1.54) is 12.1 Å².